The summed E-state index contributed by atoms with van der Waals surface area (Å²) in [4.78, 5) is 25.0. The van der Waals surface area contributed by atoms with E-state index >= 15 is 0 Å². The molecule has 1 aromatic heterocycles. The van der Waals surface area contributed by atoms with Crippen molar-refractivity contribution in [2.24, 2.45) is 0 Å². The Bertz CT molecular complexity index is 1200. The van der Waals surface area contributed by atoms with Gasteiger partial charge in [-0.15, -0.1) is 0 Å². The highest BCUT2D eigenvalue weighted by Gasteiger charge is 2.28. The largest absolute Gasteiger partial charge is 0.352 e. The maximum atomic E-state index is 12.9. The third kappa shape index (κ3) is 5.14. The quantitative estimate of drug-likeness (QED) is 0.589. The van der Waals surface area contributed by atoms with Gasteiger partial charge in [0.2, 0.25) is 5.91 Å². The van der Waals surface area contributed by atoms with Crippen LogP contribution in [-0.2, 0) is 21.2 Å². The van der Waals surface area contributed by atoms with E-state index in [4.69, 9.17) is 0 Å². The highest BCUT2D eigenvalue weighted by atomic mass is 32.2. The van der Waals surface area contributed by atoms with Crippen molar-refractivity contribution in [2.75, 3.05) is 18.1 Å². The van der Waals surface area contributed by atoms with Crippen LogP contribution in [0.5, 0.6) is 0 Å². The Morgan fingerprint density at radius 1 is 1.03 bits per heavy atom. The van der Waals surface area contributed by atoms with Gasteiger partial charge in [0, 0.05) is 36.5 Å². The van der Waals surface area contributed by atoms with Crippen molar-refractivity contribution in [3.8, 4) is 0 Å². The molecule has 0 unspecified atom stereocenters. The van der Waals surface area contributed by atoms with E-state index in [1.165, 1.54) is 0 Å². The molecular weight excluding hydrogens is 414 g/mol. The van der Waals surface area contributed by atoms with Gasteiger partial charge in [0.05, 0.1) is 11.5 Å². The van der Waals surface area contributed by atoms with Crippen molar-refractivity contribution in [1.82, 2.24) is 15.2 Å². The van der Waals surface area contributed by atoms with Gasteiger partial charge in [-0.2, -0.15) is 0 Å². The number of nitrogens with one attached hydrogen (secondary N) is 2. The lowest BCUT2D eigenvalue weighted by molar-refractivity contribution is -0.121. The maximum absolute atomic E-state index is 12.9. The molecule has 4 rings (SSSR count). The molecule has 2 heterocycles. The molecule has 1 aliphatic rings. The normalized spacial score (nSPS) is 17.5. The predicted molar refractivity (Wildman–Crippen MR) is 120 cm³/mol. The lowest BCUT2D eigenvalue weighted by atomic mass is 10.2. The summed E-state index contributed by atoms with van der Waals surface area (Å²) < 4.78 is 25.0. The monoisotopic (exact) mass is 439 g/mol. The van der Waals surface area contributed by atoms with E-state index in [0.29, 0.717) is 18.7 Å². The van der Waals surface area contributed by atoms with E-state index in [2.05, 4.69) is 10.6 Å². The molecule has 0 bridgehead atoms. The van der Waals surface area contributed by atoms with Crippen LogP contribution in [0, 0.1) is 0 Å². The van der Waals surface area contributed by atoms with Crippen LogP contribution in [0.4, 0.5) is 0 Å². The fourth-order valence-electron chi connectivity index (χ4n) is 3.92. The van der Waals surface area contributed by atoms with Gasteiger partial charge < -0.3 is 15.2 Å². The Hall–Kier alpha value is -3.13. The van der Waals surface area contributed by atoms with Crippen LogP contribution in [0.2, 0.25) is 0 Å². The first-order valence-corrected chi connectivity index (χ1v) is 12.1. The van der Waals surface area contributed by atoms with Gasteiger partial charge in [0.1, 0.15) is 5.69 Å². The van der Waals surface area contributed by atoms with Gasteiger partial charge in [-0.1, -0.05) is 48.5 Å². The van der Waals surface area contributed by atoms with Gasteiger partial charge in [0.15, 0.2) is 9.84 Å². The third-order valence-corrected chi connectivity index (χ3v) is 7.23. The first-order valence-electron chi connectivity index (χ1n) is 10.3. The average Bonchev–Trinajstić information content (AvgIpc) is 3.28. The third-order valence-electron chi connectivity index (χ3n) is 5.46. The summed E-state index contributed by atoms with van der Waals surface area (Å²) >= 11 is 0. The van der Waals surface area contributed by atoms with Gasteiger partial charge in [-0.25, -0.2) is 8.42 Å². The summed E-state index contributed by atoms with van der Waals surface area (Å²) in [5, 5.41) is 6.53. The summed E-state index contributed by atoms with van der Waals surface area (Å²) in [5.74, 6) is -0.402. The number of para-hydroxylation sites is 1. The highest BCUT2D eigenvalue weighted by Crippen LogP contribution is 2.21. The summed E-state index contributed by atoms with van der Waals surface area (Å²) in [7, 11) is -3.04. The molecule has 1 atom stereocenters. The molecule has 0 aliphatic carbocycles. The Morgan fingerprint density at radius 2 is 1.77 bits per heavy atom. The minimum Gasteiger partial charge on any atom is -0.352 e. The second-order valence-corrected chi connectivity index (χ2v) is 10.1. The summed E-state index contributed by atoms with van der Waals surface area (Å²) in [6.07, 6.45) is 0.543. The van der Waals surface area contributed by atoms with Crippen molar-refractivity contribution in [3.05, 3.63) is 71.9 Å². The molecule has 7 nitrogen and oxygen atoms in total. The van der Waals surface area contributed by atoms with Crippen LogP contribution in [0.25, 0.3) is 10.9 Å². The molecule has 0 radical (unpaired) electrons. The predicted octanol–water partition coefficient (Wildman–Crippen LogP) is 2.11. The number of amides is 2. The summed E-state index contributed by atoms with van der Waals surface area (Å²) in [5.41, 5.74) is 2.59. The zero-order valence-corrected chi connectivity index (χ0v) is 17.9. The van der Waals surface area contributed by atoms with Crippen molar-refractivity contribution in [2.45, 2.75) is 25.4 Å². The molecule has 162 valence electrons. The van der Waals surface area contributed by atoms with E-state index < -0.39 is 9.84 Å². The van der Waals surface area contributed by atoms with Crippen LogP contribution >= 0.6 is 0 Å². The lowest BCUT2D eigenvalue weighted by Gasteiger charge is -2.13. The second-order valence-electron chi connectivity index (χ2n) is 7.83. The average molecular weight is 440 g/mol. The van der Waals surface area contributed by atoms with E-state index in [-0.39, 0.29) is 42.3 Å². The van der Waals surface area contributed by atoms with Crippen LogP contribution in [0.3, 0.4) is 0 Å². The first-order chi connectivity index (χ1) is 14.9. The number of fused-ring (bicyclic) bond motifs is 1. The van der Waals surface area contributed by atoms with Gasteiger partial charge >= 0.3 is 0 Å². The molecule has 2 amide bonds. The smallest absolute Gasteiger partial charge is 0.267 e. The number of carbonyl (C=O) groups excluding carboxylic acids is 2. The van der Waals surface area contributed by atoms with Gasteiger partial charge in [0.25, 0.3) is 5.91 Å². The van der Waals surface area contributed by atoms with E-state index in [0.717, 1.165) is 16.5 Å². The van der Waals surface area contributed by atoms with Gasteiger partial charge in [-0.3, -0.25) is 9.59 Å². The number of sulfone groups is 1. The topological polar surface area (TPSA) is 97.3 Å². The number of rotatable bonds is 7. The first kappa shape index (κ1) is 21.1. The minimum absolute atomic E-state index is 0.00924. The van der Waals surface area contributed by atoms with Gasteiger partial charge in [-0.05, 0) is 24.1 Å². The molecule has 2 aromatic carbocycles. The van der Waals surface area contributed by atoms with Crippen molar-refractivity contribution in [1.29, 1.82) is 0 Å². The fraction of sp³-hybridized carbons (Fsp3) is 0.304. The van der Waals surface area contributed by atoms with Crippen molar-refractivity contribution >= 4 is 32.6 Å². The van der Waals surface area contributed by atoms with E-state index in [9.17, 15) is 18.0 Å². The molecule has 0 spiro atoms. The van der Waals surface area contributed by atoms with E-state index in [1.54, 1.807) is 0 Å². The molecule has 3 aromatic rings. The molecule has 1 fully saturated rings. The fourth-order valence-corrected chi connectivity index (χ4v) is 5.60. The number of nitrogens with zero attached hydrogens (tertiary/aromatic N) is 1. The lowest BCUT2D eigenvalue weighted by Crippen LogP contribution is -2.38. The van der Waals surface area contributed by atoms with Crippen molar-refractivity contribution < 1.29 is 18.0 Å². The second kappa shape index (κ2) is 8.93. The molecule has 2 N–H and O–H groups in total. The zero-order chi connectivity index (χ0) is 21.8. The number of hydrogen-bond acceptors (Lipinski definition) is 4. The Morgan fingerprint density at radius 3 is 2.52 bits per heavy atom. The van der Waals surface area contributed by atoms with Crippen LogP contribution < -0.4 is 10.6 Å². The van der Waals surface area contributed by atoms with Crippen LogP contribution in [0.15, 0.2) is 60.7 Å². The maximum Gasteiger partial charge on any atom is 0.267 e. The standard InChI is InChI=1S/C23H25N3O4S/c27-22(25-19-11-13-31(29,30)16-19)10-12-24-23(28)21-14-18-8-4-5-9-20(18)26(21)15-17-6-2-1-3-7-17/h1-9,14,19H,10-13,15-16H2,(H,24,28)(H,25,27)/t19-/m1/s1. The molecule has 1 aliphatic heterocycles. The molecule has 1 saturated heterocycles. The number of carbonyl (C=O) groups is 2. The van der Waals surface area contributed by atoms with Crippen LogP contribution in [-0.4, -0.2) is 48.9 Å². The SMILES string of the molecule is O=C(CCNC(=O)c1cc2ccccc2n1Cc1ccccc1)N[C@@H]1CCS(=O)(=O)C1. The minimum atomic E-state index is -3.04. The Labute approximate surface area is 181 Å². The highest BCUT2D eigenvalue weighted by molar-refractivity contribution is 7.91. The van der Waals surface area contributed by atoms with Crippen LogP contribution in [0.1, 0.15) is 28.9 Å². The molecule has 0 saturated carbocycles. The molecular formula is C23H25N3O4S. The number of benzene rings is 2. The number of aromatic nitrogens is 1. The number of hydrogen-bond donors (Lipinski definition) is 2. The summed E-state index contributed by atoms with van der Waals surface area (Å²) in [6.45, 7) is 0.741. The zero-order valence-electron chi connectivity index (χ0n) is 17.1. The van der Waals surface area contributed by atoms with Crippen molar-refractivity contribution in [3.63, 3.8) is 0 Å². The summed E-state index contributed by atoms with van der Waals surface area (Å²) in [6, 6.07) is 19.3. The van der Waals surface area contributed by atoms with E-state index in [1.807, 2.05) is 65.2 Å². The Balaban J connectivity index is 1.40. The molecule has 8 heteroatoms. The molecule has 31 heavy (non-hydrogen) atoms. The Kier molecular flexibility index (Phi) is 6.08.